The van der Waals surface area contributed by atoms with Gasteiger partial charge < -0.3 is 10.2 Å². The molecule has 0 bridgehead atoms. The number of carbonyl (C=O) groups is 2. The smallest absolute Gasteiger partial charge is 0.303 e. The van der Waals surface area contributed by atoms with Gasteiger partial charge in [0.2, 0.25) is 0 Å². The number of aliphatic hydroxyl groups is 1. The number of carboxylic acid groups (broad SMARTS) is 1. The number of aliphatic hydroxyl groups excluding tert-OH is 1. The predicted octanol–water partition coefficient (Wildman–Crippen LogP) is 5.28. The third-order valence-corrected chi connectivity index (χ3v) is 6.86. The lowest BCUT2D eigenvalue weighted by atomic mass is 9.62. The number of aliphatic carboxylic acids is 1. The van der Waals surface area contributed by atoms with E-state index in [1.807, 2.05) is 6.08 Å². The summed E-state index contributed by atoms with van der Waals surface area (Å²) in [5, 5.41) is 19.4. The molecule has 2 fully saturated rings. The first-order valence-corrected chi connectivity index (χ1v) is 11.1. The van der Waals surface area contributed by atoms with Crippen LogP contribution in [0.4, 0.5) is 0 Å². The van der Waals surface area contributed by atoms with Crippen LogP contribution in [0.2, 0.25) is 0 Å². The van der Waals surface area contributed by atoms with E-state index in [9.17, 15) is 14.7 Å². The van der Waals surface area contributed by atoms with Crippen LogP contribution in [0.25, 0.3) is 0 Å². The van der Waals surface area contributed by atoms with Crippen LogP contribution in [-0.4, -0.2) is 28.1 Å². The molecule has 4 nitrogen and oxygen atoms in total. The first kappa shape index (κ1) is 22.1. The third kappa shape index (κ3) is 6.44. The molecule has 0 radical (unpaired) electrons. The standard InChI is InChI=1S/C23H38O4/c1-2-3-15-23(16-8-17-23)21(25)14-12-18-11-13-20(24)19(18)9-6-4-5-7-10-22(26)27/h12,14,18-19,21,25H,2-11,13,15-17H2,1H3,(H,26,27)/t18-,19-,21?/m1/s1. The Kier molecular flexibility index (Phi) is 9.01. The zero-order valence-electron chi connectivity index (χ0n) is 17.0. The minimum atomic E-state index is -0.729. The molecule has 0 spiro atoms. The summed E-state index contributed by atoms with van der Waals surface area (Å²) < 4.78 is 0. The zero-order valence-corrected chi connectivity index (χ0v) is 17.0. The summed E-state index contributed by atoms with van der Waals surface area (Å²) in [7, 11) is 0. The average molecular weight is 379 g/mol. The number of hydrogen-bond donors (Lipinski definition) is 2. The van der Waals surface area contributed by atoms with Crippen LogP contribution in [0.3, 0.4) is 0 Å². The first-order chi connectivity index (χ1) is 13.0. The third-order valence-electron chi connectivity index (χ3n) is 6.86. The summed E-state index contributed by atoms with van der Waals surface area (Å²) in [6, 6.07) is 0. The van der Waals surface area contributed by atoms with E-state index >= 15 is 0 Å². The molecular weight excluding hydrogens is 340 g/mol. The fourth-order valence-electron chi connectivity index (χ4n) is 4.84. The number of Topliss-reactive ketones (excluding diaryl/α,β-unsaturated/α-hetero) is 1. The number of hydrogen-bond acceptors (Lipinski definition) is 3. The van der Waals surface area contributed by atoms with E-state index in [-0.39, 0.29) is 29.8 Å². The van der Waals surface area contributed by atoms with Crippen LogP contribution in [-0.2, 0) is 9.59 Å². The maximum Gasteiger partial charge on any atom is 0.303 e. The molecule has 2 aliphatic carbocycles. The molecule has 4 heteroatoms. The van der Waals surface area contributed by atoms with E-state index in [1.165, 1.54) is 19.3 Å². The second-order valence-electron chi connectivity index (χ2n) is 8.77. The lowest BCUT2D eigenvalue weighted by Crippen LogP contribution is -2.40. The molecule has 0 heterocycles. The molecule has 0 amide bonds. The van der Waals surface area contributed by atoms with E-state index in [0.29, 0.717) is 12.2 Å². The van der Waals surface area contributed by atoms with Gasteiger partial charge in [-0.25, -0.2) is 0 Å². The van der Waals surface area contributed by atoms with Gasteiger partial charge in [0.05, 0.1) is 6.10 Å². The Morgan fingerprint density at radius 1 is 1.22 bits per heavy atom. The molecule has 154 valence electrons. The molecule has 0 aromatic rings. The SMILES string of the molecule is CCCCC1(C(O)C=C[C@H]2CCC(=O)[C@@H]2CCCCCCC(=O)O)CCC1. The molecule has 2 N–H and O–H groups in total. The second-order valence-corrected chi connectivity index (χ2v) is 8.77. The van der Waals surface area contributed by atoms with Gasteiger partial charge >= 0.3 is 5.97 Å². The van der Waals surface area contributed by atoms with E-state index in [2.05, 4.69) is 13.0 Å². The molecule has 0 aromatic heterocycles. The van der Waals surface area contributed by atoms with Gasteiger partial charge in [0.1, 0.15) is 5.78 Å². The number of carbonyl (C=O) groups excluding carboxylic acids is 1. The van der Waals surface area contributed by atoms with Gasteiger partial charge in [0, 0.05) is 18.8 Å². The van der Waals surface area contributed by atoms with Crippen molar-refractivity contribution in [1.29, 1.82) is 0 Å². The second kappa shape index (κ2) is 11.0. The molecule has 27 heavy (non-hydrogen) atoms. The monoisotopic (exact) mass is 378 g/mol. The maximum atomic E-state index is 12.3. The van der Waals surface area contributed by atoms with E-state index in [4.69, 9.17) is 5.11 Å². The number of ketones is 1. The molecule has 0 saturated heterocycles. The highest BCUT2D eigenvalue weighted by atomic mass is 16.4. The van der Waals surface area contributed by atoms with E-state index < -0.39 is 5.97 Å². The summed E-state index contributed by atoms with van der Waals surface area (Å²) in [5.41, 5.74) is 0.0920. The molecule has 3 atom stereocenters. The topological polar surface area (TPSA) is 74.6 Å². The van der Waals surface area contributed by atoms with E-state index in [1.54, 1.807) is 0 Å². The predicted molar refractivity (Wildman–Crippen MR) is 108 cm³/mol. The molecule has 0 aromatic carbocycles. The van der Waals surface area contributed by atoms with Gasteiger partial charge in [-0.05, 0) is 49.9 Å². The van der Waals surface area contributed by atoms with Crippen molar-refractivity contribution in [2.75, 3.05) is 0 Å². The lowest BCUT2D eigenvalue weighted by Gasteiger charge is -2.45. The van der Waals surface area contributed by atoms with Crippen molar-refractivity contribution in [2.24, 2.45) is 17.3 Å². The van der Waals surface area contributed by atoms with Crippen LogP contribution in [0, 0.1) is 17.3 Å². The zero-order chi connectivity index (χ0) is 19.7. The lowest BCUT2D eigenvalue weighted by molar-refractivity contribution is -0.137. The highest BCUT2D eigenvalue weighted by Gasteiger charge is 2.42. The number of carboxylic acids is 1. The Hall–Kier alpha value is -1.16. The Bertz CT molecular complexity index is 507. The largest absolute Gasteiger partial charge is 0.481 e. The summed E-state index contributed by atoms with van der Waals surface area (Å²) in [6.07, 6.45) is 17.0. The van der Waals surface area contributed by atoms with Crippen LogP contribution in [0.1, 0.15) is 96.8 Å². The highest BCUT2D eigenvalue weighted by Crippen LogP contribution is 2.48. The van der Waals surface area contributed by atoms with Gasteiger partial charge in [-0.2, -0.15) is 0 Å². The minimum absolute atomic E-state index is 0.0920. The number of unbranched alkanes of at least 4 members (excludes halogenated alkanes) is 4. The van der Waals surface area contributed by atoms with Gasteiger partial charge in [0.25, 0.3) is 0 Å². The van der Waals surface area contributed by atoms with E-state index in [0.717, 1.165) is 57.8 Å². The Labute approximate surface area is 164 Å². The fourth-order valence-corrected chi connectivity index (χ4v) is 4.84. The van der Waals surface area contributed by atoms with Gasteiger partial charge in [-0.1, -0.05) is 57.6 Å². The van der Waals surface area contributed by atoms with Crippen molar-refractivity contribution in [3.05, 3.63) is 12.2 Å². The Balaban J connectivity index is 1.78. The fraction of sp³-hybridized carbons (Fsp3) is 0.826. The van der Waals surface area contributed by atoms with Crippen LogP contribution in [0.15, 0.2) is 12.2 Å². The molecule has 2 aliphatic rings. The quantitative estimate of drug-likeness (QED) is 0.337. The molecule has 2 rings (SSSR count). The number of allylic oxidation sites excluding steroid dienone is 1. The Morgan fingerprint density at radius 3 is 2.59 bits per heavy atom. The van der Waals surface area contributed by atoms with Crippen LogP contribution in [0.5, 0.6) is 0 Å². The van der Waals surface area contributed by atoms with Gasteiger partial charge in [-0.15, -0.1) is 0 Å². The maximum absolute atomic E-state index is 12.3. The molecule has 0 aliphatic heterocycles. The van der Waals surface area contributed by atoms with Gasteiger partial charge in [-0.3, -0.25) is 9.59 Å². The summed E-state index contributed by atoms with van der Waals surface area (Å²) in [6.45, 7) is 2.20. The summed E-state index contributed by atoms with van der Waals surface area (Å²) in [5.74, 6) is 0.0114. The first-order valence-electron chi connectivity index (χ1n) is 11.1. The Morgan fingerprint density at radius 2 is 1.96 bits per heavy atom. The van der Waals surface area contributed by atoms with Crippen molar-refractivity contribution in [3.63, 3.8) is 0 Å². The highest BCUT2D eigenvalue weighted by molar-refractivity contribution is 5.83. The van der Waals surface area contributed by atoms with Crippen LogP contribution >= 0.6 is 0 Å². The van der Waals surface area contributed by atoms with Crippen molar-refractivity contribution in [3.8, 4) is 0 Å². The molecule has 1 unspecified atom stereocenters. The number of rotatable bonds is 13. The normalized spacial score (nSPS) is 25.6. The summed E-state index contributed by atoms with van der Waals surface area (Å²) in [4.78, 5) is 22.8. The van der Waals surface area contributed by atoms with Crippen molar-refractivity contribution >= 4 is 11.8 Å². The molecule has 2 saturated carbocycles. The van der Waals surface area contributed by atoms with Crippen molar-refractivity contribution in [1.82, 2.24) is 0 Å². The molecular formula is C23H38O4. The summed E-state index contributed by atoms with van der Waals surface area (Å²) >= 11 is 0. The van der Waals surface area contributed by atoms with Crippen molar-refractivity contribution < 1.29 is 19.8 Å². The van der Waals surface area contributed by atoms with Crippen LogP contribution < -0.4 is 0 Å². The average Bonchev–Trinajstić information content (AvgIpc) is 2.95. The van der Waals surface area contributed by atoms with Gasteiger partial charge in [0.15, 0.2) is 0 Å². The minimum Gasteiger partial charge on any atom is -0.481 e. The van der Waals surface area contributed by atoms with Crippen molar-refractivity contribution in [2.45, 2.75) is 103 Å².